The first-order valence-electron chi connectivity index (χ1n) is 7.13. The Morgan fingerprint density at radius 3 is 2.33 bits per heavy atom. The van der Waals surface area contributed by atoms with E-state index in [0.717, 1.165) is 19.0 Å². The van der Waals surface area contributed by atoms with E-state index in [9.17, 15) is 0 Å². The van der Waals surface area contributed by atoms with Crippen LogP contribution < -0.4 is 5.73 Å². The molecular weight excluding hydrogens is 228 g/mol. The summed E-state index contributed by atoms with van der Waals surface area (Å²) in [6.07, 6.45) is 5.74. The molecule has 0 heterocycles. The molecular formula is C14H30N2O2. The highest BCUT2D eigenvalue weighted by atomic mass is 16.7. The third-order valence-corrected chi connectivity index (χ3v) is 4.01. The number of ether oxygens (including phenoxy) is 2. The summed E-state index contributed by atoms with van der Waals surface area (Å²) in [6, 6.07) is 0.722. The van der Waals surface area contributed by atoms with Gasteiger partial charge >= 0.3 is 0 Å². The molecule has 2 N–H and O–H groups in total. The van der Waals surface area contributed by atoms with Crippen LogP contribution in [0, 0.1) is 0 Å². The summed E-state index contributed by atoms with van der Waals surface area (Å²) in [5, 5.41) is 0. The smallest absolute Gasteiger partial charge is 0.158 e. The maximum atomic E-state index is 6.05. The first kappa shape index (κ1) is 15.9. The molecule has 1 aliphatic rings. The van der Waals surface area contributed by atoms with Crippen LogP contribution in [0.4, 0.5) is 0 Å². The van der Waals surface area contributed by atoms with E-state index in [1.54, 1.807) is 14.2 Å². The van der Waals surface area contributed by atoms with Crippen molar-refractivity contribution < 1.29 is 9.47 Å². The average molecular weight is 258 g/mol. The minimum Gasteiger partial charge on any atom is -0.356 e. The van der Waals surface area contributed by atoms with E-state index in [2.05, 4.69) is 18.7 Å². The molecule has 0 aromatic carbocycles. The molecule has 108 valence electrons. The van der Waals surface area contributed by atoms with Gasteiger partial charge in [-0.15, -0.1) is 0 Å². The predicted octanol–water partition coefficient (Wildman–Crippen LogP) is 1.98. The van der Waals surface area contributed by atoms with Crippen LogP contribution in [0.15, 0.2) is 0 Å². The summed E-state index contributed by atoms with van der Waals surface area (Å²) in [5.41, 5.74) is 6.03. The van der Waals surface area contributed by atoms with Crippen molar-refractivity contribution in [3.05, 3.63) is 0 Å². The van der Waals surface area contributed by atoms with Crippen LogP contribution in [-0.4, -0.2) is 50.1 Å². The largest absolute Gasteiger partial charge is 0.356 e. The standard InChI is InChI=1S/C14H30N2O2/c1-5-6-9-16(12-7-8-12)14(2,11-15)10-13(17-3)18-4/h12-13H,5-11,15H2,1-4H3. The summed E-state index contributed by atoms with van der Waals surface area (Å²) >= 11 is 0. The Labute approximate surface area is 112 Å². The van der Waals surface area contributed by atoms with Crippen molar-refractivity contribution in [3.8, 4) is 0 Å². The molecule has 0 spiro atoms. The second-order valence-electron chi connectivity index (χ2n) is 5.58. The zero-order valence-corrected chi connectivity index (χ0v) is 12.4. The fourth-order valence-electron chi connectivity index (χ4n) is 2.55. The van der Waals surface area contributed by atoms with E-state index in [1.807, 2.05) is 0 Å². The molecule has 1 atom stereocenters. The molecule has 4 nitrogen and oxygen atoms in total. The van der Waals surface area contributed by atoms with Gasteiger partial charge in [0.05, 0.1) is 0 Å². The van der Waals surface area contributed by atoms with Crippen molar-refractivity contribution in [1.82, 2.24) is 4.90 Å². The Bertz CT molecular complexity index is 230. The Morgan fingerprint density at radius 1 is 1.33 bits per heavy atom. The molecule has 0 radical (unpaired) electrons. The van der Waals surface area contributed by atoms with E-state index in [4.69, 9.17) is 15.2 Å². The molecule has 1 fully saturated rings. The Morgan fingerprint density at radius 2 is 1.94 bits per heavy atom. The fourth-order valence-corrected chi connectivity index (χ4v) is 2.55. The van der Waals surface area contributed by atoms with Crippen molar-refractivity contribution >= 4 is 0 Å². The molecule has 1 rings (SSSR count). The van der Waals surface area contributed by atoms with Gasteiger partial charge in [0.15, 0.2) is 6.29 Å². The van der Waals surface area contributed by atoms with Gasteiger partial charge in [0.2, 0.25) is 0 Å². The monoisotopic (exact) mass is 258 g/mol. The number of nitrogens with two attached hydrogens (primary N) is 1. The van der Waals surface area contributed by atoms with Gasteiger partial charge in [-0.2, -0.15) is 0 Å². The fraction of sp³-hybridized carbons (Fsp3) is 1.00. The SMILES string of the molecule is CCCCN(C1CC1)C(C)(CN)CC(OC)OC. The van der Waals surface area contributed by atoms with Gasteiger partial charge < -0.3 is 15.2 Å². The highest BCUT2D eigenvalue weighted by Crippen LogP contribution is 2.35. The molecule has 0 bridgehead atoms. The van der Waals surface area contributed by atoms with E-state index in [-0.39, 0.29) is 11.8 Å². The average Bonchev–Trinajstić information content (AvgIpc) is 3.21. The van der Waals surface area contributed by atoms with E-state index < -0.39 is 0 Å². The predicted molar refractivity (Wildman–Crippen MR) is 74.5 cm³/mol. The molecule has 4 heteroatoms. The van der Waals surface area contributed by atoms with Crippen LogP contribution in [0.5, 0.6) is 0 Å². The maximum absolute atomic E-state index is 6.05. The zero-order valence-electron chi connectivity index (χ0n) is 12.4. The van der Waals surface area contributed by atoms with Crippen molar-refractivity contribution in [2.75, 3.05) is 27.3 Å². The first-order chi connectivity index (χ1) is 8.61. The van der Waals surface area contributed by atoms with Crippen LogP contribution in [0.1, 0.15) is 46.0 Å². The van der Waals surface area contributed by atoms with Crippen molar-refractivity contribution in [2.45, 2.75) is 63.8 Å². The van der Waals surface area contributed by atoms with Gasteiger partial charge in [-0.1, -0.05) is 13.3 Å². The second-order valence-corrected chi connectivity index (χ2v) is 5.58. The molecule has 1 unspecified atom stereocenters. The van der Waals surface area contributed by atoms with E-state index >= 15 is 0 Å². The van der Waals surface area contributed by atoms with Crippen LogP contribution in [0.25, 0.3) is 0 Å². The molecule has 0 aliphatic heterocycles. The van der Waals surface area contributed by atoms with Gasteiger partial charge in [-0.25, -0.2) is 0 Å². The highest BCUT2D eigenvalue weighted by Gasteiger charge is 2.41. The van der Waals surface area contributed by atoms with Crippen LogP contribution in [0.2, 0.25) is 0 Å². The lowest BCUT2D eigenvalue weighted by Gasteiger charge is -2.42. The third-order valence-electron chi connectivity index (χ3n) is 4.01. The molecule has 0 aromatic rings. The number of unbranched alkanes of at least 4 members (excludes halogenated alkanes) is 1. The maximum Gasteiger partial charge on any atom is 0.158 e. The lowest BCUT2D eigenvalue weighted by molar-refractivity contribution is -0.129. The van der Waals surface area contributed by atoms with Crippen LogP contribution in [0.3, 0.4) is 0 Å². The summed E-state index contributed by atoms with van der Waals surface area (Å²) in [6.45, 7) is 6.26. The van der Waals surface area contributed by atoms with Crippen molar-refractivity contribution in [3.63, 3.8) is 0 Å². The Kier molecular flexibility index (Phi) is 6.57. The quantitative estimate of drug-likeness (QED) is 0.609. The number of rotatable bonds is 10. The number of hydrogen-bond acceptors (Lipinski definition) is 4. The molecule has 1 saturated carbocycles. The van der Waals surface area contributed by atoms with Crippen LogP contribution >= 0.6 is 0 Å². The first-order valence-corrected chi connectivity index (χ1v) is 7.13. The van der Waals surface area contributed by atoms with Gasteiger partial charge in [-0.05, 0) is 32.7 Å². The minimum atomic E-state index is -0.165. The normalized spacial score (nSPS) is 19.5. The van der Waals surface area contributed by atoms with Gasteiger partial charge in [0.1, 0.15) is 0 Å². The van der Waals surface area contributed by atoms with Crippen LogP contribution in [-0.2, 0) is 9.47 Å². The topological polar surface area (TPSA) is 47.7 Å². The van der Waals surface area contributed by atoms with E-state index in [1.165, 1.54) is 25.7 Å². The van der Waals surface area contributed by atoms with E-state index in [0.29, 0.717) is 6.54 Å². The highest BCUT2D eigenvalue weighted by molar-refractivity contribution is 4.97. The zero-order chi connectivity index (χ0) is 13.6. The Hall–Kier alpha value is -0.160. The molecule has 18 heavy (non-hydrogen) atoms. The minimum absolute atomic E-state index is 0.0208. The summed E-state index contributed by atoms with van der Waals surface area (Å²) in [5.74, 6) is 0. The van der Waals surface area contributed by atoms with Gasteiger partial charge in [0, 0.05) is 38.8 Å². The number of nitrogens with zero attached hydrogens (tertiary/aromatic N) is 1. The lowest BCUT2D eigenvalue weighted by Crippen LogP contribution is -2.55. The number of methoxy groups -OCH3 is 2. The Balaban J connectivity index is 2.67. The van der Waals surface area contributed by atoms with Crippen molar-refractivity contribution in [2.24, 2.45) is 5.73 Å². The van der Waals surface area contributed by atoms with Crippen molar-refractivity contribution in [1.29, 1.82) is 0 Å². The molecule has 0 aromatic heterocycles. The van der Waals surface area contributed by atoms with Gasteiger partial charge in [0.25, 0.3) is 0 Å². The molecule has 0 saturated heterocycles. The summed E-state index contributed by atoms with van der Waals surface area (Å²) in [7, 11) is 3.39. The number of hydrogen-bond donors (Lipinski definition) is 1. The second kappa shape index (κ2) is 7.43. The van der Waals surface area contributed by atoms with Gasteiger partial charge in [-0.3, -0.25) is 4.90 Å². The summed E-state index contributed by atoms with van der Waals surface area (Å²) in [4.78, 5) is 2.58. The summed E-state index contributed by atoms with van der Waals surface area (Å²) < 4.78 is 10.7. The lowest BCUT2D eigenvalue weighted by atomic mass is 9.94. The molecule has 0 amide bonds. The molecule has 1 aliphatic carbocycles. The third kappa shape index (κ3) is 4.19.